The molecule has 0 radical (unpaired) electrons. The highest BCUT2D eigenvalue weighted by atomic mass is 127. The average Bonchev–Trinajstić information content (AvgIpc) is 2.98. The number of rotatable bonds is 7. The van der Waals surface area contributed by atoms with E-state index >= 15 is 0 Å². The number of thiazole rings is 1. The van der Waals surface area contributed by atoms with Gasteiger partial charge in [-0.2, -0.15) is 0 Å². The summed E-state index contributed by atoms with van der Waals surface area (Å²) in [6.45, 7) is 4.57. The minimum atomic E-state index is -2.95. The Balaban J connectivity index is 0.00000364. The number of benzene rings is 1. The molecule has 0 fully saturated rings. The largest absolute Gasteiger partial charge is 0.354 e. The first kappa shape index (κ1) is 23.8. The van der Waals surface area contributed by atoms with Gasteiger partial charge in [0.25, 0.3) is 0 Å². The van der Waals surface area contributed by atoms with Crippen LogP contribution in [0.3, 0.4) is 0 Å². The van der Waals surface area contributed by atoms with Gasteiger partial charge >= 0.3 is 0 Å². The van der Waals surface area contributed by atoms with Gasteiger partial charge < -0.3 is 10.6 Å². The highest BCUT2D eigenvalue weighted by Gasteiger charge is 2.12. The number of aliphatic imine (C=N–C) groups is 1. The third kappa shape index (κ3) is 8.14. The van der Waals surface area contributed by atoms with E-state index in [4.69, 9.17) is 0 Å². The van der Waals surface area contributed by atoms with Crippen LogP contribution in [0.5, 0.6) is 0 Å². The second kappa shape index (κ2) is 11.0. The van der Waals surface area contributed by atoms with Gasteiger partial charge in [0, 0.05) is 29.8 Å². The number of halogens is 1. The first-order valence-corrected chi connectivity index (χ1v) is 11.3. The van der Waals surface area contributed by atoms with Crippen molar-refractivity contribution in [1.29, 1.82) is 0 Å². The molecule has 1 aromatic heterocycles. The summed E-state index contributed by atoms with van der Waals surface area (Å²) in [5.74, 6) is 0.812. The molecule has 1 heterocycles. The molecule has 6 nitrogen and oxygen atoms in total. The van der Waals surface area contributed by atoms with Crippen LogP contribution in [0.25, 0.3) is 10.6 Å². The van der Waals surface area contributed by atoms with E-state index in [2.05, 4.69) is 32.7 Å². The van der Waals surface area contributed by atoms with Crippen LogP contribution in [0, 0.1) is 6.92 Å². The maximum Gasteiger partial charge on any atom is 0.191 e. The lowest BCUT2D eigenvalue weighted by Gasteiger charge is -2.17. The Kier molecular flexibility index (Phi) is 9.68. The molecule has 0 amide bonds. The molecule has 1 atom stereocenters. The Morgan fingerprint density at radius 1 is 1.30 bits per heavy atom. The fourth-order valence-electron chi connectivity index (χ4n) is 2.35. The Hall–Kier alpha value is -1.20. The van der Waals surface area contributed by atoms with E-state index in [0.29, 0.717) is 18.9 Å². The summed E-state index contributed by atoms with van der Waals surface area (Å²) in [7, 11) is -1.25. The minimum absolute atomic E-state index is 0. The Bertz CT molecular complexity index is 852. The van der Waals surface area contributed by atoms with Crippen LogP contribution in [0.1, 0.15) is 23.9 Å². The van der Waals surface area contributed by atoms with Crippen LogP contribution < -0.4 is 10.6 Å². The van der Waals surface area contributed by atoms with Crippen molar-refractivity contribution in [3.8, 4) is 10.6 Å². The molecule has 27 heavy (non-hydrogen) atoms. The first-order chi connectivity index (χ1) is 12.3. The second-order valence-corrected chi connectivity index (χ2v) is 9.63. The van der Waals surface area contributed by atoms with E-state index < -0.39 is 9.84 Å². The number of hydrogen-bond donors (Lipinski definition) is 2. The molecule has 2 aromatic rings. The summed E-state index contributed by atoms with van der Waals surface area (Å²) >= 11 is 1.66. The van der Waals surface area contributed by atoms with Gasteiger partial charge in [-0.25, -0.2) is 13.4 Å². The van der Waals surface area contributed by atoms with Gasteiger partial charge in [-0.05, 0) is 20.3 Å². The molecule has 2 rings (SSSR count). The van der Waals surface area contributed by atoms with Crippen molar-refractivity contribution in [3.05, 3.63) is 40.9 Å². The summed E-state index contributed by atoms with van der Waals surface area (Å²) in [4.78, 5) is 10.0. The lowest BCUT2D eigenvalue weighted by Crippen LogP contribution is -2.42. The number of aromatic nitrogens is 1. The molecule has 0 aliphatic rings. The predicted octanol–water partition coefficient (Wildman–Crippen LogP) is 3.22. The number of guanidine groups is 1. The monoisotopic (exact) mass is 522 g/mol. The zero-order valence-corrected chi connectivity index (χ0v) is 20.0. The van der Waals surface area contributed by atoms with Crippen LogP contribution in [-0.4, -0.2) is 44.5 Å². The van der Waals surface area contributed by atoms with Crippen molar-refractivity contribution in [2.75, 3.05) is 19.1 Å². The van der Waals surface area contributed by atoms with Gasteiger partial charge in [-0.15, -0.1) is 35.3 Å². The van der Waals surface area contributed by atoms with Gasteiger partial charge in [-0.3, -0.25) is 4.99 Å². The fraction of sp³-hybridized carbons (Fsp3) is 0.444. The van der Waals surface area contributed by atoms with E-state index in [0.717, 1.165) is 21.1 Å². The minimum Gasteiger partial charge on any atom is -0.354 e. The number of aryl methyl sites for hydroxylation is 1. The highest BCUT2D eigenvalue weighted by Crippen LogP contribution is 2.27. The quantitative estimate of drug-likeness (QED) is 0.332. The molecule has 0 saturated heterocycles. The molecule has 0 saturated carbocycles. The van der Waals surface area contributed by atoms with Crippen LogP contribution in [-0.2, 0) is 16.4 Å². The zero-order chi connectivity index (χ0) is 19.2. The Labute approximate surface area is 182 Å². The van der Waals surface area contributed by atoms with E-state index in [9.17, 15) is 8.42 Å². The van der Waals surface area contributed by atoms with Gasteiger partial charge in [0.05, 0.1) is 18.0 Å². The molecular formula is C18H27IN4O2S2. The maximum absolute atomic E-state index is 11.3. The SMILES string of the molecule is CN=C(NCc1sc(-c2ccccc2)nc1C)NC(C)CCS(C)(=O)=O.I. The van der Waals surface area contributed by atoms with Crippen molar-refractivity contribution in [2.45, 2.75) is 32.9 Å². The molecule has 0 aliphatic heterocycles. The maximum atomic E-state index is 11.3. The molecule has 1 unspecified atom stereocenters. The Morgan fingerprint density at radius 3 is 2.56 bits per heavy atom. The highest BCUT2D eigenvalue weighted by molar-refractivity contribution is 14.0. The van der Waals surface area contributed by atoms with Gasteiger partial charge in [0.2, 0.25) is 0 Å². The summed E-state index contributed by atoms with van der Waals surface area (Å²) in [5.41, 5.74) is 2.12. The molecule has 0 bridgehead atoms. The van der Waals surface area contributed by atoms with Crippen molar-refractivity contribution in [1.82, 2.24) is 15.6 Å². The van der Waals surface area contributed by atoms with Gasteiger partial charge in [-0.1, -0.05) is 30.3 Å². The van der Waals surface area contributed by atoms with Crippen molar-refractivity contribution in [3.63, 3.8) is 0 Å². The van der Waals surface area contributed by atoms with Crippen LogP contribution >= 0.6 is 35.3 Å². The molecule has 0 spiro atoms. The third-order valence-corrected chi connectivity index (χ3v) is 6.04. The number of nitrogens with zero attached hydrogens (tertiary/aromatic N) is 2. The average molecular weight is 522 g/mol. The standard InChI is InChI=1S/C18H26N4O2S2.HI/c1-13(10-11-26(4,23)24)21-18(19-3)20-12-16-14(2)22-17(25-16)15-8-6-5-7-9-15;/h5-9,13H,10-12H2,1-4H3,(H2,19,20,21);1H. The van der Waals surface area contributed by atoms with E-state index in [1.54, 1.807) is 18.4 Å². The number of nitrogens with one attached hydrogen (secondary N) is 2. The lowest BCUT2D eigenvalue weighted by molar-refractivity contribution is 0.581. The number of hydrogen-bond acceptors (Lipinski definition) is 5. The summed E-state index contributed by atoms with van der Waals surface area (Å²) < 4.78 is 22.6. The van der Waals surface area contributed by atoms with Crippen molar-refractivity contribution >= 4 is 51.1 Å². The van der Waals surface area contributed by atoms with Crippen LogP contribution in [0.4, 0.5) is 0 Å². The molecule has 0 aliphatic carbocycles. The molecular weight excluding hydrogens is 495 g/mol. The summed E-state index contributed by atoms with van der Waals surface area (Å²) in [5, 5.41) is 7.51. The third-order valence-electron chi connectivity index (χ3n) is 3.86. The topological polar surface area (TPSA) is 83.4 Å². The predicted molar refractivity (Wildman–Crippen MR) is 125 cm³/mol. The zero-order valence-electron chi connectivity index (χ0n) is 16.0. The van der Waals surface area contributed by atoms with Gasteiger partial charge in [0.1, 0.15) is 14.8 Å². The van der Waals surface area contributed by atoms with E-state index in [-0.39, 0.29) is 35.8 Å². The van der Waals surface area contributed by atoms with Gasteiger partial charge in [0.15, 0.2) is 5.96 Å². The van der Waals surface area contributed by atoms with Crippen LogP contribution in [0.2, 0.25) is 0 Å². The second-order valence-electron chi connectivity index (χ2n) is 6.28. The smallest absolute Gasteiger partial charge is 0.191 e. The fourth-order valence-corrected chi connectivity index (χ4v) is 4.14. The normalized spacial score (nSPS) is 13.0. The molecule has 1 aromatic carbocycles. The van der Waals surface area contributed by atoms with Crippen LogP contribution in [0.15, 0.2) is 35.3 Å². The number of sulfone groups is 1. The molecule has 150 valence electrons. The Morgan fingerprint density at radius 2 is 1.96 bits per heavy atom. The summed E-state index contributed by atoms with van der Waals surface area (Å²) in [6.07, 6.45) is 1.79. The van der Waals surface area contributed by atoms with E-state index in [1.807, 2.05) is 32.0 Å². The molecule has 2 N–H and O–H groups in total. The molecule has 9 heteroatoms. The van der Waals surface area contributed by atoms with E-state index in [1.165, 1.54) is 6.26 Å². The first-order valence-electron chi connectivity index (χ1n) is 8.45. The summed E-state index contributed by atoms with van der Waals surface area (Å²) in [6, 6.07) is 10.1. The lowest BCUT2D eigenvalue weighted by atomic mass is 10.2. The van der Waals surface area contributed by atoms with Crippen molar-refractivity contribution in [2.24, 2.45) is 4.99 Å². The van der Waals surface area contributed by atoms with Crippen molar-refractivity contribution < 1.29 is 8.42 Å².